The van der Waals surface area contributed by atoms with Crippen LogP contribution in [0.1, 0.15) is 33.6 Å². The molecule has 108 valence electrons. The first-order valence-corrected chi connectivity index (χ1v) is 6.58. The van der Waals surface area contributed by atoms with Crippen LogP contribution in [0.3, 0.4) is 0 Å². The Morgan fingerprint density at radius 3 is 2.95 bits per heavy atom. The zero-order valence-corrected chi connectivity index (χ0v) is 11.7. The van der Waals surface area contributed by atoms with Gasteiger partial charge in [-0.1, -0.05) is 17.0 Å². The predicted molar refractivity (Wildman–Crippen MR) is 77.4 cm³/mol. The maximum Gasteiger partial charge on any atom is 0.251 e. The van der Waals surface area contributed by atoms with Gasteiger partial charge in [0.15, 0.2) is 0 Å². The Kier molecular flexibility index (Phi) is 5.13. The smallest absolute Gasteiger partial charge is 0.251 e. The first kappa shape index (κ1) is 14.8. The van der Waals surface area contributed by atoms with Crippen molar-refractivity contribution in [3.05, 3.63) is 52.9 Å². The minimum atomic E-state index is -0.170. The fourth-order valence-electron chi connectivity index (χ4n) is 1.76. The molecule has 5 nitrogen and oxygen atoms in total. The van der Waals surface area contributed by atoms with E-state index in [0.29, 0.717) is 24.2 Å². The molecule has 1 amide bonds. The molecule has 0 radical (unpaired) electrons. The van der Waals surface area contributed by atoms with E-state index in [-0.39, 0.29) is 12.5 Å². The molecule has 5 heteroatoms. The fourth-order valence-corrected chi connectivity index (χ4v) is 1.76. The molecule has 0 saturated heterocycles. The second-order valence-corrected chi connectivity index (χ2v) is 4.48. The zero-order chi connectivity index (χ0) is 15.1. The standard InChI is InChI=1S/C16H16N2O3/c1-12-10-14(6-5-13(12)4-2-3-8-19)16(20)17-11-15-7-9-21-18-15/h5-7,9-10,19H,3,8,11H2,1H3,(H,17,20). The number of nitrogens with one attached hydrogen (secondary N) is 1. The van der Waals surface area contributed by atoms with E-state index in [4.69, 9.17) is 9.63 Å². The maximum atomic E-state index is 12.0. The van der Waals surface area contributed by atoms with E-state index in [0.717, 1.165) is 11.1 Å². The van der Waals surface area contributed by atoms with E-state index in [1.807, 2.05) is 13.0 Å². The number of carbonyl (C=O) groups is 1. The van der Waals surface area contributed by atoms with Gasteiger partial charge in [0.25, 0.3) is 5.91 Å². The molecule has 1 heterocycles. The lowest BCUT2D eigenvalue weighted by atomic mass is 10.0. The number of nitrogens with zero attached hydrogens (tertiary/aromatic N) is 1. The van der Waals surface area contributed by atoms with E-state index in [9.17, 15) is 4.79 Å². The SMILES string of the molecule is Cc1cc(C(=O)NCc2ccon2)ccc1C#CCCO. The van der Waals surface area contributed by atoms with Crippen molar-refractivity contribution in [1.82, 2.24) is 10.5 Å². The average Bonchev–Trinajstić information content (AvgIpc) is 3.00. The summed E-state index contributed by atoms with van der Waals surface area (Å²) in [4.78, 5) is 12.0. The van der Waals surface area contributed by atoms with Crippen LogP contribution in [0, 0.1) is 18.8 Å². The summed E-state index contributed by atoms with van der Waals surface area (Å²) in [5.74, 6) is 5.67. The maximum absolute atomic E-state index is 12.0. The molecule has 0 atom stereocenters. The summed E-state index contributed by atoms with van der Waals surface area (Å²) in [6.45, 7) is 2.28. The van der Waals surface area contributed by atoms with Gasteiger partial charge in [-0.05, 0) is 30.7 Å². The molecule has 0 bridgehead atoms. The van der Waals surface area contributed by atoms with Crippen molar-refractivity contribution in [1.29, 1.82) is 0 Å². The first-order valence-electron chi connectivity index (χ1n) is 6.58. The number of aromatic nitrogens is 1. The topological polar surface area (TPSA) is 75.4 Å². The number of rotatable bonds is 4. The highest BCUT2D eigenvalue weighted by atomic mass is 16.5. The van der Waals surface area contributed by atoms with Crippen molar-refractivity contribution in [2.24, 2.45) is 0 Å². The van der Waals surface area contributed by atoms with Gasteiger partial charge < -0.3 is 14.9 Å². The van der Waals surface area contributed by atoms with E-state index in [1.165, 1.54) is 6.26 Å². The molecule has 0 aliphatic heterocycles. The molecule has 0 saturated carbocycles. The van der Waals surface area contributed by atoms with Gasteiger partial charge in [-0.25, -0.2) is 0 Å². The van der Waals surface area contributed by atoms with E-state index >= 15 is 0 Å². The molecule has 0 aliphatic rings. The number of hydrogen-bond acceptors (Lipinski definition) is 4. The number of hydrogen-bond donors (Lipinski definition) is 2. The van der Waals surface area contributed by atoms with Crippen molar-refractivity contribution >= 4 is 5.91 Å². The van der Waals surface area contributed by atoms with Gasteiger partial charge in [0, 0.05) is 23.6 Å². The Balaban J connectivity index is 2.02. The second-order valence-electron chi connectivity index (χ2n) is 4.48. The summed E-state index contributed by atoms with van der Waals surface area (Å²) in [5.41, 5.74) is 3.03. The summed E-state index contributed by atoms with van der Waals surface area (Å²) in [6.07, 6.45) is 1.91. The Bertz CT molecular complexity index is 667. The summed E-state index contributed by atoms with van der Waals surface area (Å²) < 4.78 is 4.70. The van der Waals surface area contributed by atoms with Gasteiger partial charge in [-0.3, -0.25) is 4.79 Å². The van der Waals surface area contributed by atoms with E-state index in [2.05, 4.69) is 22.3 Å². The van der Waals surface area contributed by atoms with Gasteiger partial charge in [0.2, 0.25) is 0 Å². The van der Waals surface area contributed by atoms with Crippen molar-refractivity contribution in [2.75, 3.05) is 6.61 Å². The van der Waals surface area contributed by atoms with E-state index in [1.54, 1.807) is 18.2 Å². The number of aliphatic hydroxyl groups is 1. The highest BCUT2D eigenvalue weighted by molar-refractivity contribution is 5.94. The van der Waals surface area contributed by atoms with Crippen LogP contribution in [-0.4, -0.2) is 22.8 Å². The molecule has 0 aliphatic carbocycles. The monoisotopic (exact) mass is 284 g/mol. The molecule has 1 aromatic carbocycles. The van der Waals surface area contributed by atoms with Crippen LogP contribution in [0.5, 0.6) is 0 Å². The normalized spacial score (nSPS) is 9.81. The molecule has 2 N–H and O–H groups in total. The van der Waals surface area contributed by atoms with Crippen LogP contribution in [0.4, 0.5) is 0 Å². The van der Waals surface area contributed by atoms with Crippen LogP contribution in [0.15, 0.2) is 35.1 Å². The van der Waals surface area contributed by atoms with Crippen LogP contribution in [-0.2, 0) is 6.54 Å². The minimum Gasteiger partial charge on any atom is -0.395 e. The molecule has 0 fully saturated rings. The van der Waals surface area contributed by atoms with Gasteiger partial charge in [-0.15, -0.1) is 0 Å². The van der Waals surface area contributed by atoms with Crippen molar-refractivity contribution < 1.29 is 14.4 Å². The van der Waals surface area contributed by atoms with Crippen LogP contribution < -0.4 is 5.32 Å². The Morgan fingerprint density at radius 1 is 1.43 bits per heavy atom. The number of benzene rings is 1. The third-order valence-electron chi connectivity index (χ3n) is 2.87. The molecule has 0 unspecified atom stereocenters. The van der Waals surface area contributed by atoms with Gasteiger partial charge in [-0.2, -0.15) is 0 Å². The second kappa shape index (κ2) is 7.27. The number of aryl methyl sites for hydroxylation is 1. The number of carbonyl (C=O) groups excluding carboxylic acids is 1. The molecule has 2 rings (SSSR count). The van der Waals surface area contributed by atoms with Crippen LogP contribution in [0.2, 0.25) is 0 Å². The lowest BCUT2D eigenvalue weighted by Gasteiger charge is -2.05. The Morgan fingerprint density at radius 2 is 2.29 bits per heavy atom. The molecular formula is C16H16N2O3. The zero-order valence-electron chi connectivity index (χ0n) is 11.7. The van der Waals surface area contributed by atoms with Gasteiger partial charge in [0.05, 0.1) is 13.2 Å². The lowest BCUT2D eigenvalue weighted by molar-refractivity contribution is 0.0950. The van der Waals surface area contributed by atoms with Crippen LogP contribution in [0.25, 0.3) is 0 Å². The third kappa shape index (κ3) is 4.20. The number of aliphatic hydroxyl groups excluding tert-OH is 1. The highest BCUT2D eigenvalue weighted by Crippen LogP contribution is 2.10. The Hall–Kier alpha value is -2.58. The van der Waals surface area contributed by atoms with E-state index < -0.39 is 0 Å². The third-order valence-corrected chi connectivity index (χ3v) is 2.87. The largest absolute Gasteiger partial charge is 0.395 e. The molecular weight excluding hydrogens is 268 g/mol. The summed E-state index contributed by atoms with van der Waals surface area (Å²) in [7, 11) is 0. The number of amides is 1. The predicted octanol–water partition coefficient (Wildman–Crippen LogP) is 1.65. The minimum absolute atomic E-state index is 0.0502. The van der Waals surface area contributed by atoms with Crippen molar-refractivity contribution in [3.8, 4) is 11.8 Å². The molecule has 21 heavy (non-hydrogen) atoms. The fraction of sp³-hybridized carbons (Fsp3) is 0.250. The lowest BCUT2D eigenvalue weighted by Crippen LogP contribution is -2.23. The average molecular weight is 284 g/mol. The van der Waals surface area contributed by atoms with Crippen molar-refractivity contribution in [2.45, 2.75) is 19.9 Å². The molecule has 1 aromatic heterocycles. The summed E-state index contributed by atoms with van der Waals surface area (Å²) in [6, 6.07) is 7.03. The summed E-state index contributed by atoms with van der Waals surface area (Å²) >= 11 is 0. The van der Waals surface area contributed by atoms with Gasteiger partial charge >= 0.3 is 0 Å². The first-order chi connectivity index (χ1) is 10.2. The summed E-state index contributed by atoms with van der Waals surface area (Å²) in [5, 5.41) is 15.2. The molecule has 2 aromatic rings. The van der Waals surface area contributed by atoms with Crippen molar-refractivity contribution in [3.63, 3.8) is 0 Å². The quantitative estimate of drug-likeness (QED) is 0.837. The molecule has 0 spiro atoms. The Labute approximate surface area is 123 Å². The highest BCUT2D eigenvalue weighted by Gasteiger charge is 2.07. The van der Waals surface area contributed by atoms with Crippen LogP contribution >= 0.6 is 0 Å². The van der Waals surface area contributed by atoms with Gasteiger partial charge in [0.1, 0.15) is 12.0 Å².